The molecule has 0 unspecified atom stereocenters. The lowest BCUT2D eigenvalue weighted by Gasteiger charge is -2.14. The summed E-state index contributed by atoms with van der Waals surface area (Å²) in [6.45, 7) is -1.67. The number of nitrogens with zero attached hydrogens (tertiary/aromatic N) is 1. The number of rotatable bonds is 5. The van der Waals surface area contributed by atoms with Crippen LogP contribution in [0, 0.1) is 11.3 Å². The fraction of sp³-hybridized carbons (Fsp3) is 0.364. The molecule has 0 aliphatic heterocycles. The zero-order valence-electron chi connectivity index (χ0n) is 8.88. The minimum Gasteiger partial charge on any atom is -0.390 e. The van der Waals surface area contributed by atoms with E-state index in [9.17, 15) is 8.78 Å². The number of aliphatic hydroxyl groups excluding tert-OH is 1. The predicted octanol–water partition coefficient (Wildman–Crippen LogP) is 1.93. The molecule has 1 rings (SSSR count). The Kier molecular flexibility index (Phi) is 4.82. The molecular weight excluding hydrogens is 250 g/mol. The zero-order chi connectivity index (χ0) is 12.9. The molecule has 0 fully saturated rings. The van der Waals surface area contributed by atoms with Crippen molar-refractivity contribution >= 4 is 11.6 Å². The SMILES string of the molecule is N#Cc1ccc(CNCC(F)(F)CO)c(Cl)c1. The molecule has 0 spiro atoms. The summed E-state index contributed by atoms with van der Waals surface area (Å²) in [5.41, 5.74) is 1.04. The van der Waals surface area contributed by atoms with Gasteiger partial charge in [-0.15, -0.1) is 0 Å². The van der Waals surface area contributed by atoms with Gasteiger partial charge in [-0.1, -0.05) is 17.7 Å². The highest BCUT2D eigenvalue weighted by Crippen LogP contribution is 2.18. The van der Waals surface area contributed by atoms with Crippen LogP contribution < -0.4 is 5.32 Å². The van der Waals surface area contributed by atoms with E-state index in [1.165, 1.54) is 6.07 Å². The third-order valence-corrected chi connectivity index (χ3v) is 2.46. The highest BCUT2D eigenvalue weighted by atomic mass is 35.5. The van der Waals surface area contributed by atoms with E-state index in [2.05, 4.69) is 5.32 Å². The van der Waals surface area contributed by atoms with Gasteiger partial charge in [0.25, 0.3) is 5.92 Å². The molecule has 0 aliphatic carbocycles. The zero-order valence-corrected chi connectivity index (χ0v) is 9.64. The van der Waals surface area contributed by atoms with Crippen LogP contribution in [0.4, 0.5) is 8.78 Å². The van der Waals surface area contributed by atoms with Gasteiger partial charge in [-0.05, 0) is 17.7 Å². The van der Waals surface area contributed by atoms with Crippen LogP contribution in [0.2, 0.25) is 5.02 Å². The maximum atomic E-state index is 12.7. The van der Waals surface area contributed by atoms with Crippen molar-refractivity contribution in [2.75, 3.05) is 13.2 Å². The van der Waals surface area contributed by atoms with Crippen LogP contribution >= 0.6 is 11.6 Å². The second kappa shape index (κ2) is 5.92. The summed E-state index contributed by atoms with van der Waals surface area (Å²) in [4.78, 5) is 0. The fourth-order valence-electron chi connectivity index (χ4n) is 1.20. The average Bonchev–Trinajstić information content (AvgIpc) is 2.31. The number of nitriles is 1. The Morgan fingerprint density at radius 3 is 2.71 bits per heavy atom. The van der Waals surface area contributed by atoms with Crippen molar-refractivity contribution in [1.29, 1.82) is 5.26 Å². The Bertz CT molecular complexity index is 432. The second-order valence-corrected chi connectivity index (χ2v) is 3.94. The van der Waals surface area contributed by atoms with E-state index in [4.69, 9.17) is 22.0 Å². The van der Waals surface area contributed by atoms with Crippen LogP contribution in [-0.4, -0.2) is 24.2 Å². The highest BCUT2D eigenvalue weighted by Gasteiger charge is 2.26. The summed E-state index contributed by atoms with van der Waals surface area (Å²) in [6, 6.07) is 6.57. The van der Waals surface area contributed by atoms with Crippen LogP contribution in [0.5, 0.6) is 0 Å². The fourth-order valence-corrected chi connectivity index (χ4v) is 1.44. The Labute approximate surface area is 103 Å². The maximum Gasteiger partial charge on any atom is 0.282 e. The summed E-state index contributed by atoms with van der Waals surface area (Å²) in [7, 11) is 0. The summed E-state index contributed by atoms with van der Waals surface area (Å²) < 4.78 is 25.4. The minimum absolute atomic E-state index is 0.153. The van der Waals surface area contributed by atoms with Crippen molar-refractivity contribution in [3.63, 3.8) is 0 Å². The van der Waals surface area contributed by atoms with Crippen molar-refractivity contribution in [1.82, 2.24) is 5.32 Å². The van der Waals surface area contributed by atoms with Crippen LogP contribution in [0.1, 0.15) is 11.1 Å². The van der Waals surface area contributed by atoms with Gasteiger partial charge in [-0.3, -0.25) is 0 Å². The molecule has 2 N–H and O–H groups in total. The first kappa shape index (κ1) is 13.8. The number of hydrogen-bond donors (Lipinski definition) is 2. The van der Waals surface area contributed by atoms with E-state index in [0.717, 1.165) is 0 Å². The largest absolute Gasteiger partial charge is 0.390 e. The minimum atomic E-state index is -3.14. The van der Waals surface area contributed by atoms with Crippen LogP contribution in [-0.2, 0) is 6.54 Å². The number of aliphatic hydroxyl groups is 1. The Balaban J connectivity index is 2.56. The van der Waals surface area contributed by atoms with Crippen molar-refractivity contribution < 1.29 is 13.9 Å². The summed E-state index contributed by atoms with van der Waals surface area (Å²) in [5, 5.41) is 19.8. The van der Waals surface area contributed by atoms with Gasteiger partial charge in [-0.25, -0.2) is 8.78 Å². The lowest BCUT2D eigenvalue weighted by atomic mass is 10.1. The van der Waals surface area contributed by atoms with Crippen LogP contribution in [0.15, 0.2) is 18.2 Å². The first-order valence-corrected chi connectivity index (χ1v) is 5.24. The van der Waals surface area contributed by atoms with Gasteiger partial charge in [0.05, 0.1) is 18.2 Å². The molecule has 92 valence electrons. The quantitative estimate of drug-likeness (QED) is 0.851. The molecule has 0 amide bonds. The lowest BCUT2D eigenvalue weighted by molar-refractivity contribution is -0.0477. The summed E-state index contributed by atoms with van der Waals surface area (Å²) in [5.74, 6) is -3.14. The molecule has 1 aromatic rings. The molecule has 0 aromatic heterocycles. The van der Waals surface area contributed by atoms with E-state index in [-0.39, 0.29) is 6.54 Å². The standard InChI is InChI=1S/C11H11ClF2N2O/c12-10-3-8(4-15)1-2-9(10)5-16-6-11(13,14)7-17/h1-3,16-17H,5-7H2. The molecule has 0 atom stereocenters. The molecule has 1 aromatic carbocycles. The van der Waals surface area contributed by atoms with Gasteiger partial charge in [0.1, 0.15) is 6.61 Å². The third-order valence-electron chi connectivity index (χ3n) is 2.11. The highest BCUT2D eigenvalue weighted by molar-refractivity contribution is 6.31. The predicted molar refractivity (Wildman–Crippen MR) is 59.9 cm³/mol. The van der Waals surface area contributed by atoms with E-state index in [0.29, 0.717) is 16.1 Å². The van der Waals surface area contributed by atoms with Gasteiger partial charge in [0, 0.05) is 11.6 Å². The van der Waals surface area contributed by atoms with Crippen molar-refractivity contribution in [3.05, 3.63) is 34.3 Å². The second-order valence-electron chi connectivity index (χ2n) is 3.54. The maximum absolute atomic E-state index is 12.7. The molecule has 0 saturated carbocycles. The Morgan fingerprint density at radius 1 is 1.47 bits per heavy atom. The lowest BCUT2D eigenvalue weighted by Crippen LogP contribution is -2.35. The summed E-state index contributed by atoms with van der Waals surface area (Å²) >= 11 is 5.86. The monoisotopic (exact) mass is 260 g/mol. The number of benzene rings is 1. The molecule has 3 nitrogen and oxygen atoms in total. The normalized spacial score (nSPS) is 11.2. The average molecular weight is 261 g/mol. The van der Waals surface area contributed by atoms with Crippen LogP contribution in [0.25, 0.3) is 0 Å². The number of halogens is 3. The molecule has 0 heterocycles. The number of nitrogens with one attached hydrogen (secondary N) is 1. The molecular formula is C11H11ClF2N2O. The van der Waals surface area contributed by atoms with Gasteiger partial charge < -0.3 is 10.4 Å². The molecule has 0 bridgehead atoms. The molecule has 0 radical (unpaired) electrons. The molecule has 6 heteroatoms. The Morgan fingerprint density at radius 2 is 2.18 bits per heavy atom. The van der Waals surface area contributed by atoms with E-state index >= 15 is 0 Å². The number of hydrogen-bond acceptors (Lipinski definition) is 3. The number of alkyl halides is 2. The van der Waals surface area contributed by atoms with E-state index in [1.807, 2.05) is 6.07 Å². The van der Waals surface area contributed by atoms with Crippen LogP contribution in [0.3, 0.4) is 0 Å². The topological polar surface area (TPSA) is 56.0 Å². The van der Waals surface area contributed by atoms with Gasteiger partial charge in [0.15, 0.2) is 0 Å². The van der Waals surface area contributed by atoms with Crippen molar-refractivity contribution in [2.45, 2.75) is 12.5 Å². The smallest absolute Gasteiger partial charge is 0.282 e. The molecule has 17 heavy (non-hydrogen) atoms. The van der Waals surface area contributed by atoms with E-state index in [1.54, 1.807) is 12.1 Å². The van der Waals surface area contributed by atoms with Crippen molar-refractivity contribution in [2.24, 2.45) is 0 Å². The first-order chi connectivity index (χ1) is 7.98. The van der Waals surface area contributed by atoms with E-state index < -0.39 is 19.1 Å². The van der Waals surface area contributed by atoms with Crippen molar-refractivity contribution in [3.8, 4) is 6.07 Å². The van der Waals surface area contributed by atoms with Gasteiger partial charge in [0.2, 0.25) is 0 Å². The third kappa shape index (κ3) is 4.27. The van der Waals surface area contributed by atoms with Gasteiger partial charge >= 0.3 is 0 Å². The summed E-state index contributed by atoms with van der Waals surface area (Å²) in [6.07, 6.45) is 0. The Hall–Kier alpha value is -1.22. The first-order valence-electron chi connectivity index (χ1n) is 4.86. The van der Waals surface area contributed by atoms with Gasteiger partial charge in [-0.2, -0.15) is 5.26 Å². The molecule has 0 saturated heterocycles. The molecule has 0 aliphatic rings.